The van der Waals surface area contributed by atoms with Gasteiger partial charge in [-0.25, -0.2) is 0 Å². The van der Waals surface area contributed by atoms with Crippen molar-refractivity contribution in [2.24, 2.45) is 0 Å². The first-order chi connectivity index (χ1) is 16.0. The number of amides is 2. The molecule has 0 radical (unpaired) electrons. The summed E-state index contributed by atoms with van der Waals surface area (Å²) in [5, 5.41) is 4.76. The summed E-state index contributed by atoms with van der Waals surface area (Å²) in [4.78, 5) is 28.2. The highest BCUT2D eigenvalue weighted by molar-refractivity contribution is 6.09. The Labute approximate surface area is 194 Å². The molecule has 1 fully saturated rings. The molecule has 2 atom stereocenters. The number of ether oxygens (including phenoxy) is 2. The molecule has 0 aromatic heterocycles. The van der Waals surface area contributed by atoms with E-state index in [2.05, 4.69) is 19.2 Å². The van der Waals surface area contributed by atoms with Gasteiger partial charge in [0, 0.05) is 12.1 Å². The number of methoxy groups -OCH3 is 1. The largest absolute Gasteiger partial charge is 0.495 e. The van der Waals surface area contributed by atoms with Crippen LogP contribution in [0, 0.1) is 0 Å². The van der Waals surface area contributed by atoms with E-state index in [-0.39, 0.29) is 30.5 Å². The molecule has 33 heavy (non-hydrogen) atoms. The van der Waals surface area contributed by atoms with Crippen molar-refractivity contribution in [1.29, 1.82) is 0 Å². The first kappa shape index (κ1) is 22.6. The highest BCUT2D eigenvalue weighted by atomic mass is 16.5. The maximum absolute atomic E-state index is 13.3. The summed E-state index contributed by atoms with van der Waals surface area (Å²) in [5.74, 6) is 0.565. The molecule has 6 nitrogen and oxygen atoms in total. The Morgan fingerprint density at radius 2 is 1.58 bits per heavy atom. The Balaban J connectivity index is 1.60. The Kier molecular flexibility index (Phi) is 6.82. The molecule has 6 heteroatoms. The minimum absolute atomic E-state index is 0.0565. The Morgan fingerprint density at radius 3 is 2.27 bits per heavy atom. The average molecular weight is 447 g/mol. The van der Waals surface area contributed by atoms with Crippen molar-refractivity contribution in [1.82, 2.24) is 4.90 Å². The van der Waals surface area contributed by atoms with Crippen LogP contribution >= 0.6 is 0 Å². The van der Waals surface area contributed by atoms with Crippen molar-refractivity contribution in [2.75, 3.05) is 19.0 Å². The molecule has 0 saturated carbocycles. The van der Waals surface area contributed by atoms with Gasteiger partial charge in [0.1, 0.15) is 11.5 Å². The van der Waals surface area contributed by atoms with Crippen LogP contribution in [0.5, 0.6) is 11.5 Å². The second-order valence-electron chi connectivity index (χ2n) is 8.57. The third-order valence-corrected chi connectivity index (χ3v) is 6.28. The molecule has 1 N–H and O–H groups in total. The number of hydrogen-bond acceptors (Lipinski definition) is 4. The van der Waals surface area contributed by atoms with Crippen molar-refractivity contribution in [3.8, 4) is 11.5 Å². The quantitative estimate of drug-likeness (QED) is 0.560. The number of nitrogens with zero attached hydrogens (tertiary/aromatic N) is 1. The highest BCUT2D eigenvalue weighted by Gasteiger charge is 2.29. The van der Waals surface area contributed by atoms with E-state index in [0.717, 1.165) is 30.0 Å². The molecule has 172 valence electrons. The number of carbonyl (C=O) groups excluding carboxylic acids is 2. The van der Waals surface area contributed by atoms with Crippen LogP contribution in [0.2, 0.25) is 0 Å². The molecule has 3 aromatic carbocycles. The third kappa shape index (κ3) is 4.95. The van der Waals surface area contributed by atoms with Gasteiger partial charge in [-0.1, -0.05) is 36.4 Å². The molecule has 1 aliphatic rings. The first-order valence-corrected chi connectivity index (χ1v) is 11.4. The molecule has 2 amide bonds. The molecule has 0 aliphatic carbocycles. The van der Waals surface area contributed by atoms with Gasteiger partial charge in [0.25, 0.3) is 11.8 Å². The van der Waals surface area contributed by atoms with Gasteiger partial charge in [-0.05, 0) is 68.1 Å². The lowest BCUT2D eigenvalue weighted by Crippen LogP contribution is -2.49. The number of para-hydroxylation sites is 2. The van der Waals surface area contributed by atoms with Crippen LogP contribution in [0.15, 0.2) is 60.7 Å². The summed E-state index contributed by atoms with van der Waals surface area (Å²) in [6, 6.07) is 19.0. The molecular formula is C27H30N2O4. The monoisotopic (exact) mass is 446 g/mol. The topological polar surface area (TPSA) is 67.9 Å². The number of likely N-dealkylation sites (tertiary alicyclic amines) is 1. The Morgan fingerprint density at radius 1 is 0.939 bits per heavy atom. The minimum Gasteiger partial charge on any atom is -0.495 e. The fourth-order valence-corrected chi connectivity index (χ4v) is 4.58. The molecule has 1 heterocycles. The van der Waals surface area contributed by atoms with E-state index in [1.807, 2.05) is 47.4 Å². The smallest absolute Gasteiger partial charge is 0.260 e. The number of anilines is 1. The lowest BCUT2D eigenvalue weighted by Gasteiger charge is -2.39. The zero-order valence-electron chi connectivity index (χ0n) is 19.3. The Hall–Kier alpha value is -3.54. The number of rotatable bonds is 6. The fraction of sp³-hybridized carbons (Fsp3) is 0.333. The van der Waals surface area contributed by atoms with Crippen molar-refractivity contribution in [3.05, 3.63) is 66.2 Å². The van der Waals surface area contributed by atoms with Gasteiger partial charge in [0.2, 0.25) is 0 Å². The van der Waals surface area contributed by atoms with E-state index in [0.29, 0.717) is 22.7 Å². The van der Waals surface area contributed by atoms with E-state index in [4.69, 9.17) is 9.47 Å². The van der Waals surface area contributed by atoms with Gasteiger partial charge in [0.05, 0.1) is 18.4 Å². The van der Waals surface area contributed by atoms with Gasteiger partial charge >= 0.3 is 0 Å². The number of carbonyl (C=O) groups is 2. The van der Waals surface area contributed by atoms with Crippen LogP contribution in [0.3, 0.4) is 0 Å². The van der Waals surface area contributed by atoms with E-state index in [1.54, 1.807) is 25.3 Å². The van der Waals surface area contributed by atoms with E-state index >= 15 is 0 Å². The van der Waals surface area contributed by atoms with Gasteiger partial charge in [-0.2, -0.15) is 0 Å². The van der Waals surface area contributed by atoms with Crippen LogP contribution in [-0.2, 0) is 4.79 Å². The van der Waals surface area contributed by atoms with Crippen molar-refractivity contribution >= 4 is 28.3 Å². The summed E-state index contributed by atoms with van der Waals surface area (Å²) in [6.45, 7) is 4.05. The van der Waals surface area contributed by atoms with E-state index in [1.165, 1.54) is 0 Å². The number of hydrogen-bond donors (Lipinski definition) is 1. The number of nitrogens with one attached hydrogen (secondary N) is 1. The summed E-state index contributed by atoms with van der Waals surface area (Å²) < 4.78 is 11.3. The SMILES string of the molecule is COc1ccccc1NC(=O)c1cc2ccccc2cc1OCC(=O)N1[C@H](C)CCC[C@@H]1C. The molecule has 0 bridgehead atoms. The first-order valence-electron chi connectivity index (χ1n) is 11.4. The summed E-state index contributed by atoms with van der Waals surface area (Å²) >= 11 is 0. The van der Waals surface area contributed by atoms with Crippen molar-refractivity contribution in [3.63, 3.8) is 0 Å². The predicted molar refractivity (Wildman–Crippen MR) is 130 cm³/mol. The molecule has 3 aromatic rings. The summed E-state index contributed by atoms with van der Waals surface area (Å²) in [5.41, 5.74) is 0.934. The molecule has 1 aliphatic heterocycles. The molecular weight excluding hydrogens is 416 g/mol. The van der Waals surface area contributed by atoms with Gasteiger partial charge < -0.3 is 19.7 Å². The lowest BCUT2D eigenvalue weighted by atomic mass is 9.97. The second kappa shape index (κ2) is 9.94. The molecule has 1 saturated heterocycles. The van der Waals surface area contributed by atoms with E-state index in [9.17, 15) is 9.59 Å². The van der Waals surface area contributed by atoms with Crippen molar-refractivity contribution < 1.29 is 19.1 Å². The predicted octanol–water partition coefficient (Wildman–Crippen LogP) is 5.27. The maximum Gasteiger partial charge on any atom is 0.260 e. The highest BCUT2D eigenvalue weighted by Crippen LogP contribution is 2.30. The minimum atomic E-state index is -0.326. The number of piperidine rings is 1. The molecule has 4 rings (SSSR count). The van der Waals surface area contributed by atoms with Crippen LogP contribution in [0.4, 0.5) is 5.69 Å². The zero-order chi connectivity index (χ0) is 23.4. The summed E-state index contributed by atoms with van der Waals surface area (Å²) in [7, 11) is 1.56. The van der Waals surface area contributed by atoms with Crippen molar-refractivity contribution in [2.45, 2.75) is 45.2 Å². The Bertz CT molecular complexity index is 1150. The van der Waals surface area contributed by atoms with Gasteiger partial charge in [-0.3, -0.25) is 9.59 Å². The lowest BCUT2D eigenvalue weighted by molar-refractivity contribution is -0.139. The second-order valence-corrected chi connectivity index (χ2v) is 8.57. The van der Waals surface area contributed by atoms with E-state index < -0.39 is 0 Å². The number of fused-ring (bicyclic) bond motifs is 1. The van der Waals surface area contributed by atoms with Crippen LogP contribution < -0.4 is 14.8 Å². The third-order valence-electron chi connectivity index (χ3n) is 6.28. The molecule has 0 unspecified atom stereocenters. The van der Waals surface area contributed by atoms with Gasteiger partial charge in [-0.15, -0.1) is 0 Å². The fourth-order valence-electron chi connectivity index (χ4n) is 4.58. The summed E-state index contributed by atoms with van der Waals surface area (Å²) in [6.07, 6.45) is 3.13. The van der Waals surface area contributed by atoms with Gasteiger partial charge in [0.15, 0.2) is 6.61 Å². The average Bonchev–Trinajstić information content (AvgIpc) is 2.82. The molecule has 0 spiro atoms. The maximum atomic E-state index is 13.3. The standard InChI is InChI=1S/C27H30N2O4/c1-18-9-8-10-19(2)29(18)26(30)17-33-25-16-21-12-5-4-11-20(21)15-22(25)27(31)28-23-13-6-7-14-24(23)32-3/h4-7,11-16,18-19H,8-10,17H2,1-3H3,(H,28,31)/t18-,19+. The zero-order valence-corrected chi connectivity index (χ0v) is 19.3. The van der Waals surface area contributed by atoms with Crippen LogP contribution in [-0.4, -0.2) is 42.5 Å². The van der Waals surface area contributed by atoms with Crippen LogP contribution in [0.1, 0.15) is 43.5 Å². The van der Waals surface area contributed by atoms with Crippen LogP contribution in [0.25, 0.3) is 10.8 Å². The number of benzene rings is 3. The normalized spacial score (nSPS) is 18.1.